The van der Waals surface area contributed by atoms with E-state index in [-0.39, 0.29) is 91.7 Å². The number of β-amino-alcohol motifs (C(OH)–C–C–N with tert-alkyl or cyclic N) is 1. The highest BCUT2D eigenvalue weighted by Gasteiger charge is 2.49. The highest BCUT2D eigenvalue weighted by molar-refractivity contribution is 7.23. The number of fused-ring (bicyclic) bond motifs is 3. The van der Waals surface area contributed by atoms with Gasteiger partial charge in [-0.2, -0.15) is 15.2 Å². The maximum absolute atomic E-state index is 17.3. The summed E-state index contributed by atoms with van der Waals surface area (Å²) in [7, 11) is 1.70. The standard InChI is InChI=1S/C37H41ClF2N6O6S/c1-35(2,3)52-34(47)44-32-23(15-41)26-21(7-8-25(39)30(26)53-32)27-24(38)13-22-29(28(27)40)42-33(43-31(22)45-11-12-50-18-36(4,48)17-45)51-19-37-9-6-10-46(37)16-20(14-37)49-5/h7-8,13,20,48H,6,9-12,14,16-19H2,1-5H3,(H,44,47)/t20-,36?,37+/m1/s1. The molecule has 5 heterocycles. The maximum Gasteiger partial charge on any atom is 0.412 e. The number of benzene rings is 2. The van der Waals surface area contributed by atoms with Crippen molar-refractivity contribution >= 4 is 60.8 Å². The van der Waals surface area contributed by atoms with Crippen molar-refractivity contribution in [3.8, 4) is 23.2 Å². The monoisotopic (exact) mass is 770 g/mol. The molecule has 3 saturated heterocycles. The van der Waals surface area contributed by atoms with Gasteiger partial charge in [-0.1, -0.05) is 17.7 Å². The smallest absolute Gasteiger partial charge is 0.412 e. The number of carbonyl (C=O) groups excluding carboxylic acids is 1. The molecule has 53 heavy (non-hydrogen) atoms. The summed E-state index contributed by atoms with van der Waals surface area (Å²) in [5.41, 5.74) is -2.53. The van der Waals surface area contributed by atoms with Crippen molar-refractivity contribution in [3.05, 3.63) is 40.4 Å². The van der Waals surface area contributed by atoms with Gasteiger partial charge in [0.15, 0.2) is 5.82 Å². The maximum atomic E-state index is 17.3. The molecule has 1 amide bonds. The number of rotatable bonds is 7. The molecule has 2 aromatic carbocycles. The number of nitriles is 1. The number of ether oxygens (including phenoxy) is 4. The van der Waals surface area contributed by atoms with Crippen molar-refractivity contribution in [2.24, 2.45) is 0 Å². The summed E-state index contributed by atoms with van der Waals surface area (Å²) >= 11 is 7.75. The molecule has 3 aliphatic heterocycles. The third-order valence-corrected chi connectivity index (χ3v) is 11.4. The highest BCUT2D eigenvalue weighted by Crippen LogP contribution is 2.47. The lowest BCUT2D eigenvalue weighted by Crippen LogP contribution is -2.44. The van der Waals surface area contributed by atoms with Gasteiger partial charge in [0, 0.05) is 36.5 Å². The SMILES string of the molecule is CO[C@H]1CN2CCC[C@@]2(COc2nc(N3CCOCC(C)(O)C3)c3cc(Cl)c(-c4ccc(F)c5sc(NC(=O)OC(C)(C)C)c(C#N)c45)c(F)c3n2)C1. The average molecular weight is 771 g/mol. The molecule has 16 heteroatoms. The van der Waals surface area contributed by atoms with Gasteiger partial charge in [-0.05, 0) is 71.2 Å². The minimum atomic E-state index is -1.24. The van der Waals surface area contributed by atoms with E-state index in [2.05, 4.69) is 21.3 Å². The molecule has 0 bridgehead atoms. The largest absolute Gasteiger partial charge is 0.461 e. The Bertz CT molecular complexity index is 2140. The van der Waals surface area contributed by atoms with E-state index in [0.717, 1.165) is 49.8 Å². The summed E-state index contributed by atoms with van der Waals surface area (Å²) in [4.78, 5) is 26.2. The van der Waals surface area contributed by atoms with E-state index in [9.17, 15) is 15.2 Å². The van der Waals surface area contributed by atoms with E-state index in [4.69, 9.17) is 35.5 Å². The molecule has 0 radical (unpaired) electrons. The van der Waals surface area contributed by atoms with Gasteiger partial charge in [0.1, 0.15) is 46.0 Å². The fourth-order valence-electron chi connectivity index (χ4n) is 7.69. The molecular weight excluding hydrogens is 730 g/mol. The van der Waals surface area contributed by atoms with Crippen LogP contribution in [-0.2, 0) is 14.2 Å². The molecule has 0 aliphatic carbocycles. The van der Waals surface area contributed by atoms with E-state index in [1.54, 1.807) is 39.7 Å². The molecule has 2 aromatic heterocycles. The van der Waals surface area contributed by atoms with Gasteiger partial charge < -0.3 is 29.0 Å². The summed E-state index contributed by atoms with van der Waals surface area (Å²) < 4.78 is 55.7. The van der Waals surface area contributed by atoms with Gasteiger partial charge in [0.05, 0.1) is 46.7 Å². The van der Waals surface area contributed by atoms with E-state index in [1.807, 2.05) is 0 Å². The fraction of sp³-hybridized carbons (Fsp3) is 0.514. The molecule has 3 atom stereocenters. The number of aliphatic hydroxyl groups is 1. The lowest BCUT2D eigenvalue weighted by atomic mass is 9.94. The predicted molar refractivity (Wildman–Crippen MR) is 198 cm³/mol. The van der Waals surface area contributed by atoms with Crippen LogP contribution in [0.25, 0.3) is 32.1 Å². The quantitative estimate of drug-likeness (QED) is 0.203. The molecule has 0 spiro atoms. The molecule has 7 rings (SSSR count). The Kier molecular flexibility index (Phi) is 9.92. The third-order valence-electron chi connectivity index (χ3n) is 9.95. The van der Waals surface area contributed by atoms with Crippen LogP contribution < -0.4 is 15.0 Å². The first-order valence-electron chi connectivity index (χ1n) is 17.4. The van der Waals surface area contributed by atoms with Crippen molar-refractivity contribution in [2.75, 3.05) is 63.3 Å². The number of nitrogens with one attached hydrogen (secondary N) is 1. The molecule has 1 unspecified atom stereocenters. The number of thiophene rings is 1. The second-order valence-electron chi connectivity index (χ2n) is 15.2. The number of hydrogen-bond acceptors (Lipinski definition) is 12. The zero-order chi connectivity index (χ0) is 37.9. The minimum absolute atomic E-state index is 0.0196. The summed E-state index contributed by atoms with van der Waals surface area (Å²) in [6.07, 6.45) is 1.93. The predicted octanol–water partition coefficient (Wildman–Crippen LogP) is 6.88. The first-order valence-corrected chi connectivity index (χ1v) is 18.6. The van der Waals surface area contributed by atoms with E-state index in [0.29, 0.717) is 12.4 Å². The van der Waals surface area contributed by atoms with Crippen molar-refractivity contribution in [3.63, 3.8) is 0 Å². The van der Waals surface area contributed by atoms with Crippen LogP contribution in [0.2, 0.25) is 5.02 Å². The van der Waals surface area contributed by atoms with Crippen molar-refractivity contribution in [1.29, 1.82) is 5.26 Å². The number of amides is 1. The van der Waals surface area contributed by atoms with E-state index >= 15 is 8.78 Å². The Morgan fingerprint density at radius 3 is 2.81 bits per heavy atom. The zero-order valence-electron chi connectivity index (χ0n) is 30.1. The molecule has 4 aromatic rings. The van der Waals surface area contributed by atoms with Gasteiger partial charge in [0.25, 0.3) is 0 Å². The van der Waals surface area contributed by atoms with Crippen LogP contribution in [0.1, 0.15) is 52.5 Å². The fourth-order valence-corrected chi connectivity index (χ4v) is 9.05. The van der Waals surface area contributed by atoms with Gasteiger partial charge in [-0.15, -0.1) is 11.3 Å². The summed E-state index contributed by atoms with van der Waals surface area (Å²) in [6.45, 7) is 9.52. The Balaban J connectivity index is 1.37. The van der Waals surface area contributed by atoms with E-state index < -0.39 is 28.9 Å². The van der Waals surface area contributed by atoms with Gasteiger partial charge in [0.2, 0.25) is 0 Å². The second kappa shape index (κ2) is 14.1. The number of anilines is 2. The number of carbonyl (C=O) groups is 1. The number of methoxy groups -OCH3 is 1. The Morgan fingerprint density at radius 1 is 1.28 bits per heavy atom. The molecule has 3 aliphatic rings. The van der Waals surface area contributed by atoms with Crippen LogP contribution in [-0.4, -0.2) is 102 Å². The number of hydrogen-bond donors (Lipinski definition) is 2. The second-order valence-corrected chi connectivity index (χ2v) is 16.6. The highest BCUT2D eigenvalue weighted by atomic mass is 35.5. The summed E-state index contributed by atoms with van der Waals surface area (Å²) in [6, 6.07) is 6.03. The zero-order valence-corrected chi connectivity index (χ0v) is 31.7. The molecular formula is C37H41ClF2N6O6S. The van der Waals surface area contributed by atoms with Crippen LogP contribution in [0.4, 0.5) is 24.4 Å². The Labute approximate surface area is 314 Å². The van der Waals surface area contributed by atoms with Crippen LogP contribution in [0, 0.1) is 23.0 Å². The Hall–Kier alpha value is -3.91. The lowest BCUT2D eigenvalue weighted by Gasteiger charge is -2.31. The van der Waals surface area contributed by atoms with Crippen LogP contribution >= 0.6 is 22.9 Å². The number of nitrogens with zero attached hydrogens (tertiary/aromatic N) is 5. The minimum Gasteiger partial charge on any atom is -0.461 e. The Morgan fingerprint density at radius 2 is 2.08 bits per heavy atom. The summed E-state index contributed by atoms with van der Waals surface area (Å²) in [5, 5.41) is 24.2. The summed E-state index contributed by atoms with van der Waals surface area (Å²) in [5.74, 6) is -1.21. The molecule has 3 fully saturated rings. The van der Waals surface area contributed by atoms with Crippen LogP contribution in [0.5, 0.6) is 6.01 Å². The third kappa shape index (κ3) is 7.20. The lowest BCUT2D eigenvalue weighted by molar-refractivity contribution is -0.0123. The van der Waals surface area contributed by atoms with Crippen molar-refractivity contribution in [2.45, 2.75) is 69.8 Å². The first kappa shape index (κ1) is 37.4. The first-order chi connectivity index (χ1) is 25.1. The van der Waals surface area contributed by atoms with Gasteiger partial charge in [-0.3, -0.25) is 10.2 Å². The van der Waals surface area contributed by atoms with Crippen LogP contribution in [0.15, 0.2) is 18.2 Å². The normalized spacial score (nSPS) is 23.6. The molecule has 282 valence electrons. The van der Waals surface area contributed by atoms with Gasteiger partial charge >= 0.3 is 12.1 Å². The number of halogens is 3. The average Bonchev–Trinajstić information content (AvgIpc) is 3.71. The topological polar surface area (TPSA) is 142 Å². The van der Waals surface area contributed by atoms with Crippen molar-refractivity contribution in [1.82, 2.24) is 14.9 Å². The number of aromatic nitrogens is 2. The molecule has 2 N–H and O–H groups in total. The van der Waals surface area contributed by atoms with Gasteiger partial charge in [-0.25, -0.2) is 13.6 Å². The van der Waals surface area contributed by atoms with E-state index in [1.165, 1.54) is 12.1 Å². The van der Waals surface area contributed by atoms with Crippen molar-refractivity contribution < 1.29 is 37.6 Å². The molecule has 0 saturated carbocycles. The molecule has 12 nitrogen and oxygen atoms in total. The van der Waals surface area contributed by atoms with Crippen LogP contribution in [0.3, 0.4) is 0 Å².